The highest BCUT2D eigenvalue weighted by atomic mass is 79.9. The molecule has 3 aromatic rings. The molecule has 0 aliphatic rings. The zero-order chi connectivity index (χ0) is 23.4. The Morgan fingerprint density at radius 1 is 1.15 bits per heavy atom. The van der Waals surface area contributed by atoms with E-state index in [4.69, 9.17) is 9.47 Å². The summed E-state index contributed by atoms with van der Waals surface area (Å²) in [5.41, 5.74) is 0.312. The van der Waals surface area contributed by atoms with Crippen LogP contribution in [0.4, 0.5) is 10.8 Å². The molecule has 0 spiro atoms. The molecule has 33 heavy (non-hydrogen) atoms. The van der Waals surface area contributed by atoms with Crippen LogP contribution in [0.3, 0.4) is 0 Å². The van der Waals surface area contributed by atoms with Crippen LogP contribution in [0.25, 0.3) is 10.2 Å². The van der Waals surface area contributed by atoms with Crippen LogP contribution >= 0.6 is 39.7 Å². The summed E-state index contributed by atoms with van der Waals surface area (Å²) in [5, 5.41) is 12.2. The maximum absolute atomic E-state index is 13.6. The molecule has 1 heterocycles. The minimum Gasteiger partial charge on any atom is -0.493 e. The lowest BCUT2D eigenvalue weighted by Gasteiger charge is -2.21. The van der Waals surface area contributed by atoms with Gasteiger partial charge in [-0.1, -0.05) is 27.3 Å². The van der Waals surface area contributed by atoms with Crippen molar-refractivity contribution >= 4 is 66.6 Å². The van der Waals surface area contributed by atoms with Crippen LogP contribution in [-0.4, -0.2) is 62.1 Å². The number of anilines is 1. The van der Waals surface area contributed by atoms with Crippen LogP contribution in [0, 0.1) is 10.1 Å². The highest BCUT2D eigenvalue weighted by Gasteiger charge is 2.30. The monoisotopic (exact) mass is 558 g/mol. The average molecular weight is 560 g/mol. The molecule has 0 radical (unpaired) electrons. The summed E-state index contributed by atoms with van der Waals surface area (Å²) in [7, 11) is 6.69. The van der Waals surface area contributed by atoms with Gasteiger partial charge < -0.3 is 14.4 Å². The lowest BCUT2D eigenvalue weighted by atomic mass is 10.1. The molecule has 0 bridgehead atoms. The van der Waals surface area contributed by atoms with Gasteiger partial charge in [0.15, 0.2) is 16.6 Å². The number of aromatic nitrogens is 1. The average Bonchev–Trinajstić information content (AvgIpc) is 3.17. The summed E-state index contributed by atoms with van der Waals surface area (Å²) in [5.74, 6) is -0.0998. The van der Waals surface area contributed by atoms with Crippen molar-refractivity contribution in [3.05, 3.63) is 50.5 Å². The fourth-order valence-corrected chi connectivity index (χ4v) is 4.71. The number of rotatable bonds is 9. The van der Waals surface area contributed by atoms with E-state index in [1.54, 1.807) is 0 Å². The first-order chi connectivity index (χ1) is 15.2. The third-order valence-electron chi connectivity index (χ3n) is 4.73. The molecule has 2 aromatic carbocycles. The molecule has 178 valence electrons. The largest absolute Gasteiger partial charge is 0.493 e. The molecule has 0 saturated heterocycles. The van der Waals surface area contributed by atoms with Gasteiger partial charge in [-0.25, -0.2) is 4.98 Å². The number of thiazole rings is 1. The Balaban J connectivity index is 0.00000385. The fraction of sp³-hybridized carbons (Fsp3) is 0.333. The first-order valence-corrected chi connectivity index (χ1v) is 11.3. The number of nitro benzene ring substituents is 1. The first kappa shape index (κ1) is 26.8. The number of methoxy groups -OCH3 is 2. The van der Waals surface area contributed by atoms with Gasteiger partial charge in [-0.2, -0.15) is 0 Å². The Labute approximate surface area is 210 Å². The van der Waals surface area contributed by atoms with Gasteiger partial charge in [0.05, 0.1) is 35.4 Å². The van der Waals surface area contributed by atoms with Gasteiger partial charge in [0, 0.05) is 17.1 Å². The van der Waals surface area contributed by atoms with Crippen LogP contribution in [0.1, 0.15) is 16.8 Å². The third-order valence-corrected chi connectivity index (χ3v) is 6.27. The van der Waals surface area contributed by atoms with Crippen LogP contribution in [0.15, 0.2) is 34.8 Å². The standard InChI is InChI=1S/C21H23BrN4O5S.ClH/c1-24(2)8-5-9-25(21-23-15-7-6-13(22)10-19(15)32-21)20(27)14-11-17(30-3)18(31-4)12-16(14)26(28)29;/h6-7,10-12H,5,8-9H2,1-4H3;1H. The lowest BCUT2D eigenvalue weighted by Crippen LogP contribution is -2.34. The zero-order valence-electron chi connectivity index (χ0n) is 18.5. The van der Waals surface area contributed by atoms with E-state index in [2.05, 4.69) is 20.9 Å². The Morgan fingerprint density at radius 3 is 2.42 bits per heavy atom. The van der Waals surface area contributed by atoms with E-state index in [0.717, 1.165) is 21.2 Å². The molecule has 0 saturated carbocycles. The van der Waals surface area contributed by atoms with Crippen LogP contribution < -0.4 is 14.4 Å². The Morgan fingerprint density at radius 2 is 1.82 bits per heavy atom. The Hall–Kier alpha value is -2.47. The number of ether oxygens (including phenoxy) is 2. The highest BCUT2D eigenvalue weighted by molar-refractivity contribution is 9.10. The van der Waals surface area contributed by atoms with E-state index in [9.17, 15) is 14.9 Å². The summed E-state index contributed by atoms with van der Waals surface area (Å²) < 4.78 is 12.3. The quantitative estimate of drug-likeness (QED) is 0.269. The fourth-order valence-electron chi connectivity index (χ4n) is 3.17. The molecule has 0 atom stereocenters. The minimum absolute atomic E-state index is 0. The number of benzene rings is 2. The molecule has 0 unspecified atom stereocenters. The van der Waals surface area contributed by atoms with E-state index < -0.39 is 10.8 Å². The third kappa shape index (κ3) is 6.11. The van der Waals surface area contributed by atoms with E-state index in [0.29, 0.717) is 18.1 Å². The van der Waals surface area contributed by atoms with Gasteiger partial charge in [0.1, 0.15) is 5.56 Å². The minimum atomic E-state index is -0.595. The normalized spacial score (nSPS) is 10.7. The predicted molar refractivity (Wildman–Crippen MR) is 136 cm³/mol. The topological polar surface area (TPSA) is 98.0 Å². The molecular weight excluding hydrogens is 536 g/mol. The number of hydrogen-bond acceptors (Lipinski definition) is 8. The number of nitro groups is 1. The van der Waals surface area contributed by atoms with Crippen LogP contribution in [-0.2, 0) is 0 Å². The van der Waals surface area contributed by atoms with Crippen molar-refractivity contribution in [2.24, 2.45) is 0 Å². The van der Waals surface area contributed by atoms with E-state index >= 15 is 0 Å². The van der Waals surface area contributed by atoms with Crippen molar-refractivity contribution in [3.8, 4) is 11.5 Å². The summed E-state index contributed by atoms with van der Waals surface area (Å²) in [6.45, 7) is 1.09. The summed E-state index contributed by atoms with van der Waals surface area (Å²) in [6, 6.07) is 8.23. The molecular formula is C21H24BrClN4O5S. The molecule has 3 rings (SSSR count). The molecule has 9 nitrogen and oxygen atoms in total. The van der Waals surface area contributed by atoms with Gasteiger partial charge in [-0.3, -0.25) is 19.8 Å². The van der Waals surface area contributed by atoms with Crippen LogP contribution in [0.5, 0.6) is 11.5 Å². The maximum atomic E-state index is 13.6. The summed E-state index contributed by atoms with van der Waals surface area (Å²) in [6.07, 6.45) is 0.666. The number of carbonyl (C=O) groups excluding carboxylic acids is 1. The van der Waals surface area contributed by atoms with Gasteiger partial charge >= 0.3 is 0 Å². The first-order valence-electron chi connectivity index (χ1n) is 9.68. The van der Waals surface area contributed by atoms with Gasteiger partial charge in [-0.15, -0.1) is 12.4 Å². The Kier molecular flexibility index (Phi) is 9.41. The van der Waals surface area contributed by atoms with Gasteiger partial charge in [0.25, 0.3) is 11.6 Å². The van der Waals surface area contributed by atoms with Gasteiger partial charge in [-0.05, 0) is 45.3 Å². The Bertz CT molecular complexity index is 1160. The smallest absolute Gasteiger partial charge is 0.286 e. The number of fused-ring (bicyclic) bond motifs is 1. The number of hydrogen-bond donors (Lipinski definition) is 0. The van der Waals surface area contributed by atoms with Crippen molar-refractivity contribution in [3.63, 3.8) is 0 Å². The second-order valence-corrected chi connectivity index (χ2v) is 9.13. The summed E-state index contributed by atoms with van der Waals surface area (Å²) >= 11 is 4.81. The van der Waals surface area contributed by atoms with Crippen molar-refractivity contribution < 1.29 is 19.2 Å². The molecule has 0 aliphatic heterocycles. The number of carbonyl (C=O) groups is 1. The molecule has 0 N–H and O–H groups in total. The predicted octanol–water partition coefficient (Wildman–Crippen LogP) is 5.00. The van der Waals surface area contributed by atoms with Crippen molar-refractivity contribution in [2.75, 3.05) is 46.3 Å². The molecule has 0 aliphatic carbocycles. The molecule has 1 aromatic heterocycles. The summed E-state index contributed by atoms with van der Waals surface area (Å²) in [4.78, 5) is 32.9. The molecule has 0 fully saturated rings. The molecule has 12 heteroatoms. The van der Waals surface area contributed by atoms with E-state index in [1.165, 1.54) is 42.6 Å². The van der Waals surface area contributed by atoms with Crippen molar-refractivity contribution in [1.82, 2.24) is 9.88 Å². The van der Waals surface area contributed by atoms with Crippen molar-refractivity contribution in [2.45, 2.75) is 6.42 Å². The van der Waals surface area contributed by atoms with E-state index in [-0.39, 0.29) is 35.2 Å². The molecule has 1 amide bonds. The zero-order valence-corrected chi connectivity index (χ0v) is 21.8. The SMILES string of the molecule is COc1cc(C(=O)N(CCCN(C)C)c2nc3ccc(Br)cc3s2)c([N+](=O)[O-])cc1OC.Cl. The van der Waals surface area contributed by atoms with Crippen LogP contribution in [0.2, 0.25) is 0 Å². The maximum Gasteiger partial charge on any atom is 0.286 e. The second kappa shape index (κ2) is 11.6. The number of nitrogens with zero attached hydrogens (tertiary/aromatic N) is 4. The second-order valence-electron chi connectivity index (χ2n) is 7.20. The van der Waals surface area contributed by atoms with Gasteiger partial charge in [0.2, 0.25) is 0 Å². The number of halogens is 2. The van der Waals surface area contributed by atoms with E-state index in [1.807, 2.05) is 37.2 Å². The lowest BCUT2D eigenvalue weighted by molar-refractivity contribution is -0.385. The highest BCUT2D eigenvalue weighted by Crippen LogP contribution is 2.37. The number of amides is 1. The van der Waals surface area contributed by atoms with Crippen molar-refractivity contribution in [1.29, 1.82) is 0 Å².